The van der Waals surface area contributed by atoms with Crippen molar-refractivity contribution in [2.24, 2.45) is 0 Å². The van der Waals surface area contributed by atoms with E-state index < -0.39 is 11.7 Å². The average Bonchev–Trinajstić information content (AvgIpc) is 3.23. The van der Waals surface area contributed by atoms with Crippen molar-refractivity contribution in [1.82, 2.24) is 24.6 Å². The van der Waals surface area contributed by atoms with Crippen LogP contribution in [0.2, 0.25) is 0 Å². The molecule has 0 radical (unpaired) electrons. The maximum Gasteiger partial charge on any atom is 0.417 e. The van der Waals surface area contributed by atoms with E-state index in [1.54, 1.807) is 24.4 Å². The average molecular weight is 467 g/mol. The summed E-state index contributed by atoms with van der Waals surface area (Å²) in [5, 5.41) is 4.47. The molecule has 0 unspecified atom stereocenters. The maximum absolute atomic E-state index is 14.3. The van der Waals surface area contributed by atoms with E-state index >= 15 is 0 Å². The lowest BCUT2D eigenvalue weighted by molar-refractivity contribution is -0.136. The van der Waals surface area contributed by atoms with Crippen LogP contribution in [0.5, 0.6) is 0 Å². The number of hydrogen-bond donors (Lipinski definition) is 0. The van der Waals surface area contributed by atoms with Crippen LogP contribution >= 0.6 is 0 Å². The van der Waals surface area contributed by atoms with E-state index in [9.17, 15) is 13.2 Å². The zero-order chi connectivity index (χ0) is 23.7. The van der Waals surface area contributed by atoms with E-state index in [1.807, 2.05) is 25.1 Å². The van der Waals surface area contributed by atoms with E-state index in [0.29, 0.717) is 37.4 Å². The number of morpholine rings is 1. The zero-order valence-electron chi connectivity index (χ0n) is 18.7. The van der Waals surface area contributed by atoms with Crippen LogP contribution in [-0.4, -0.2) is 51.0 Å². The van der Waals surface area contributed by atoms with Crippen molar-refractivity contribution in [1.29, 1.82) is 0 Å². The lowest BCUT2D eigenvalue weighted by Gasteiger charge is -2.26. The summed E-state index contributed by atoms with van der Waals surface area (Å²) in [4.78, 5) is 11.0. The van der Waals surface area contributed by atoms with E-state index in [-0.39, 0.29) is 22.4 Å². The third kappa shape index (κ3) is 4.41. The fourth-order valence-corrected chi connectivity index (χ4v) is 4.31. The molecule has 1 aliphatic rings. The molecule has 34 heavy (non-hydrogen) atoms. The van der Waals surface area contributed by atoms with Gasteiger partial charge in [-0.05, 0) is 36.8 Å². The van der Waals surface area contributed by atoms with Crippen molar-refractivity contribution in [3.05, 3.63) is 66.0 Å². The molecule has 4 heterocycles. The van der Waals surface area contributed by atoms with Crippen molar-refractivity contribution in [2.75, 3.05) is 26.3 Å². The van der Waals surface area contributed by atoms with Crippen LogP contribution in [-0.2, 0) is 24.0 Å². The Hall–Kier alpha value is -3.30. The summed E-state index contributed by atoms with van der Waals surface area (Å²) in [6.45, 7) is 5.98. The van der Waals surface area contributed by atoms with Gasteiger partial charge in [-0.25, -0.2) is 9.67 Å². The predicted octanol–water partition coefficient (Wildman–Crippen LogP) is 5.03. The molecule has 5 rings (SSSR count). The molecule has 0 saturated carbocycles. The minimum absolute atomic E-state index is 0.00410. The number of ether oxygens (including phenoxy) is 1. The number of fused-ring (bicyclic) bond motifs is 1. The molecule has 1 aliphatic heterocycles. The molecule has 176 valence electrons. The lowest BCUT2D eigenvalue weighted by atomic mass is 10.0. The second kappa shape index (κ2) is 9.15. The van der Waals surface area contributed by atoms with Gasteiger partial charge in [-0.1, -0.05) is 18.2 Å². The molecule has 6 nitrogen and oxygen atoms in total. The molecular weight excluding hydrogens is 443 g/mol. The number of pyridine rings is 2. The Morgan fingerprint density at radius 3 is 2.53 bits per heavy atom. The Morgan fingerprint density at radius 1 is 1.03 bits per heavy atom. The summed E-state index contributed by atoms with van der Waals surface area (Å²) in [6, 6.07) is 12.1. The minimum Gasteiger partial charge on any atom is -0.379 e. The number of hydrogen-bond acceptors (Lipinski definition) is 5. The van der Waals surface area contributed by atoms with Crippen LogP contribution < -0.4 is 0 Å². The van der Waals surface area contributed by atoms with Crippen LogP contribution in [0.1, 0.15) is 18.1 Å². The van der Waals surface area contributed by atoms with Crippen LogP contribution in [0.4, 0.5) is 13.2 Å². The fraction of sp³-hybridized carbons (Fsp3) is 0.320. The molecule has 0 bridgehead atoms. The number of alkyl halides is 3. The normalized spacial score (nSPS) is 15.2. The largest absolute Gasteiger partial charge is 0.417 e. The fourth-order valence-electron chi connectivity index (χ4n) is 4.31. The van der Waals surface area contributed by atoms with Gasteiger partial charge in [0.25, 0.3) is 0 Å². The van der Waals surface area contributed by atoms with Crippen LogP contribution in [0.15, 0.2) is 54.9 Å². The summed E-state index contributed by atoms with van der Waals surface area (Å²) in [7, 11) is 0. The van der Waals surface area contributed by atoms with Crippen molar-refractivity contribution in [3.63, 3.8) is 0 Å². The van der Waals surface area contributed by atoms with Crippen LogP contribution in [0.25, 0.3) is 33.5 Å². The molecule has 0 amide bonds. The van der Waals surface area contributed by atoms with Crippen molar-refractivity contribution in [2.45, 2.75) is 26.2 Å². The molecule has 3 aromatic heterocycles. The Balaban J connectivity index is 1.64. The number of aryl methyl sites for hydroxylation is 1. The molecule has 0 aliphatic carbocycles. The Morgan fingerprint density at radius 2 is 1.82 bits per heavy atom. The molecule has 0 N–H and O–H groups in total. The first-order valence-corrected chi connectivity index (χ1v) is 11.2. The van der Waals surface area contributed by atoms with Gasteiger partial charge >= 0.3 is 6.18 Å². The molecule has 1 aromatic carbocycles. The summed E-state index contributed by atoms with van der Waals surface area (Å²) < 4.78 is 49.9. The van der Waals surface area contributed by atoms with Crippen LogP contribution in [0, 0.1) is 0 Å². The highest BCUT2D eigenvalue weighted by molar-refractivity contribution is 5.95. The van der Waals surface area contributed by atoms with E-state index in [4.69, 9.17) is 4.74 Å². The van der Waals surface area contributed by atoms with E-state index in [0.717, 1.165) is 24.7 Å². The summed E-state index contributed by atoms with van der Waals surface area (Å²) in [5.74, 6) is 0. The number of nitrogens with zero attached hydrogens (tertiary/aromatic N) is 5. The first-order valence-electron chi connectivity index (χ1n) is 11.2. The van der Waals surface area contributed by atoms with Crippen LogP contribution in [0.3, 0.4) is 0 Å². The highest BCUT2D eigenvalue weighted by atomic mass is 19.4. The van der Waals surface area contributed by atoms with Crippen molar-refractivity contribution < 1.29 is 17.9 Å². The first kappa shape index (κ1) is 22.5. The third-order valence-corrected chi connectivity index (χ3v) is 5.97. The van der Waals surface area contributed by atoms with E-state index in [1.165, 1.54) is 10.9 Å². The van der Waals surface area contributed by atoms with Gasteiger partial charge in [-0.3, -0.25) is 9.88 Å². The summed E-state index contributed by atoms with van der Waals surface area (Å²) in [6.07, 6.45) is -1.47. The van der Waals surface area contributed by atoms with Gasteiger partial charge < -0.3 is 4.74 Å². The van der Waals surface area contributed by atoms with Gasteiger partial charge in [-0.15, -0.1) is 0 Å². The Bertz CT molecular complexity index is 1300. The molecule has 4 aromatic rings. The van der Waals surface area contributed by atoms with Gasteiger partial charge in [0, 0.05) is 49.7 Å². The standard InChI is InChI=1S/C25H24F3N5O/c1-2-33-24-22(23(31-33)19-7-4-8-29-15-19)20(25(26,27)28)14-21(30-24)18-6-3-5-17(13-18)16-32-9-11-34-12-10-32/h3-8,13-15H,2,9-12,16H2,1H3. The summed E-state index contributed by atoms with van der Waals surface area (Å²) in [5.41, 5.74) is 2.16. The summed E-state index contributed by atoms with van der Waals surface area (Å²) >= 11 is 0. The number of benzene rings is 1. The molecule has 1 saturated heterocycles. The first-order chi connectivity index (χ1) is 16.4. The minimum atomic E-state index is -4.57. The lowest BCUT2D eigenvalue weighted by Crippen LogP contribution is -2.35. The molecular formula is C25H24F3N5O. The van der Waals surface area contributed by atoms with Gasteiger partial charge in [0.2, 0.25) is 0 Å². The number of halogens is 3. The molecule has 1 fully saturated rings. The number of aromatic nitrogens is 4. The van der Waals surface area contributed by atoms with Crippen molar-refractivity contribution in [3.8, 4) is 22.5 Å². The predicted molar refractivity (Wildman–Crippen MR) is 123 cm³/mol. The zero-order valence-corrected chi connectivity index (χ0v) is 18.7. The molecule has 0 atom stereocenters. The Kier molecular flexibility index (Phi) is 6.05. The highest BCUT2D eigenvalue weighted by Crippen LogP contribution is 2.40. The molecule has 9 heteroatoms. The Labute approximate surface area is 195 Å². The second-order valence-corrected chi connectivity index (χ2v) is 8.25. The van der Waals surface area contributed by atoms with E-state index in [2.05, 4.69) is 20.0 Å². The second-order valence-electron chi connectivity index (χ2n) is 8.25. The van der Waals surface area contributed by atoms with Gasteiger partial charge in [0.05, 0.1) is 29.9 Å². The van der Waals surface area contributed by atoms with Gasteiger partial charge in [0.15, 0.2) is 5.65 Å². The quantitative estimate of drug-likeness (QED) is 0.412. The monoisotopic (exact) mass is 467 g/mol. The maximum atomic E-state index is 14.3. The van der Waals surface area contributed by atoms with Crippen molar-refractivity contribution >= 4 is 11.0 Å². The SMILES string of the molecule is CCn1nc(-c2cccnc2)c2c(C(F)(F)F)cc(-c3cccc(CN4CCOCC4)c3)nc21. The highest BCUT2D eigenvalue weighted by Gasteiger charge is 2.36. The topological polar surface area (TPSA) is 56.1 Å². The smallest absolute Gasteiger partial charge is 0.379 e. The van der Waals surface area contributed by atoms with Gasteiger partial charge in [0.1, 0.15) is 5.69 Å². The third-order valence-electron chi connectivity index (χ3n) is 5.97. The number of rotatable bonds is 5. The molecule has 0 spiro atoms. The van der Waals surface area contributed by atoms with Gasteiger partial charge in [-0.2, -0.15) is 18.3 Å².